The van der Waals surface area contributed by atoms with Crippen LogP contribution in [0.25, 0.3) is 0 Å². The second kappa shape index (κ2) is 5.80. The van der Waals surface area contributed by atoms with Crippen molar-refractivity contribution in [3.8, 4) is 0 Å². The van der Waals surface area contributed by atoms with Gasteiger partial charge >= 0.3 is 0 Å². The zero-order chi connectivity index (χ0) is 13.9. The van der Waals surface area contributed by atoms with Gasteiger partial charge in [0.2, 0.25) is 0 Å². The highest BCUT2D eigenvalue weighted by Gasteiger charge is 2.08. The Labute approximate surface area is 119 Å². The molecule has 2 aromatic rings. The lowest BCUT2D eigenvalue weighted by Crippen LogP contribution is -2.35. The SMILES string of the molecule is Cn1ccnc1Sc1ccc(CNC(C)(C)C)cc1. The monoisotopic (exact) mass is 275 g/mol. The van der Waals surface area contributed by atoms with Gasteiger partial charge in [-0.2, -0.15) is 0 Å². The molecule has 0 bridgehead atoms. The summed E-state index contributed by atoms with van der Waals surface area (Å²) in [7, 11) is 2.01. The highest BCUT2D eigenvalue weighted by Crippen LogP contribution is 2.25. The van der Waals surface area contributed by atoms with E-state index in [-0.39, 0.29) is 5.54 Å². The molecule has 4 heteroatoms. The third-order valence-electron chi connectivity index (χ3n) is 2.73. The number of benzene rings is 1. The molecule has 0 fully saturated rings. The predicted molar refractivity (Wildman–Crippen MR) is 80.4 cm³/mol. The Morgan fingerprint density at radius 3 is 2.42 bits per heavy atom. The molecule has 0 aliphatic rings. The van der Waals surface area contributed by atoms with Gasteiger partial charge in [-0.15, -0.1) is 0 Å². The van der Waals surface area contributed by atoms with Crippen molar-refractivity contribution in [3.63, 3.8) is 0 Å². The molecule has 3 nitrogen and oxygen atoms in total. The van der Waals surface area contributed by atoms with Gasteiger partial charge < -0.3 is 9.88 Å². The van der Waals surface area contributed by atoms with Crippen molar-refractivity contribution in [1.29, 1.82) is 0 Å². The van der Waals surface area contributed by atoms with Crippen molar-refractivity contribution >= 4 is 11.8 Å². The minimum absolute atomic E-state index is 0.153. The van der Waals surface area contributed by atoms with Gasteiger partial charge in [0.1, 0.15) is 0 Å². The summed E-state index contributed by atoms with van der Waals surface area (Å²) in [6, 6.07) is 8.64. The summed E-state index contributed by atoms with van der Waals surface area (Å²) in [4.78, 5) is 5.53. The van der Waals surface area contributed by atoms with Gasteiger partial charge in [0.15, 0.2) is 5.16 Å². The Kier molecular flexibility index (Phi) is 4.32. The van der Waals surface area contributed by atoms with E-state index < -0.39 is 0 Å². The molecule has 0 saturated heterocycles. The number of imidazole rings is 1. The van der Waals surface area contributed by atoms with Gasteiger partial charge in [-0.3, -0.25) is 0 Å². The highest BCUT2D eigenvalue weighted by atomic mass is 32.2. The van der Waals surface area contributed by atoms with Crippen LogP contribution in [-0.2, 0) is 13.6 Å². The van der Waals surface area contributed by atoms with Crippen LogP contribution in [0.5, 0.6) is 0 Å². The van der Waals surface area contributed by atoms with E-state index in [0.29, 0.717) is 0 Å². The molecule has 1 N–H and O–H groups in total. The van der Waals surface area contributed by atoms with Crippen LogP contribution < -0.4 is 5.32 Å². The molecular formula is C15H21N3S. The maximum atomic E-state index is 4.32. The molecule has 19 heavy (non-hydrogen) atoms. The number of aryl methyl sites for hydroxylation is 1. The van der Waals surface area contributed by atoms with Gasteiger partial charge in [-0.25, -0.2) is 4.98 Å². The van der Waals surface area contributed by atoms with Crippen molar-refractivity contribution < 1.29 is 0 Å². The minimum atomic E-state index is 0.153. The molecule has 1 heterocycles. The first-order valence-corrected chi connectivity index (χ1v) is 7.25. The fourth-order valence-corrected chi connectivity index (χ4v) is 2.40. The van der Waals surface area contributed by atoms with Crippen LogP contribution in [-0.4, -0.2) is 15.1 Å². The van der Waals surface area contributed by atoms with Crippen LogP contribution in [0.4, 0.5) is 0 Å². The summed E-state index contributed by atoms with van der Waals surface area (Å²) in [6.07, 6.45) is 3.79. The summed E-state index contributed by atoms with van der Waals surface area (Å²) in [5.74, 6) is 0. The van der Waals surface area contributed by atoms with Crippen LogP contribution >= 0.6 is 11.8 Å². The van der Waals surface area contributed by atoms with E-state index in [0.717, 1.165) is 11.7 Å². The van der Waals surface area contributed by atoms with Gasteiger partial charge in [-0.1, -0.05) is 23.9 Å². The first-order chi connectivity index (χ1) is 8.94. The lowest BCUT2D eigenvalue weighted by molar-refractivity contribution is 0.424. The first kappa shape index (κ1) is 14.2. The number of hydrogen-bond acceptors (Lipinski definition) is 3. The quantitative estimate of drug-likeness (QED) is 0.926. The van der Waals surface area contributed by atoms with E-state index in [2.05, 4.69) is 55.3 Å². The normalized spacial score (nSPS) is 11.8. The highest BCUT2D eigenvalue weighted by molar-refractivity contribution is 7.99. The van der Waals surface area contributed by atoms with Crippen molar-refractivity contribution in [3.05, 3.63) is 42.2 Å². The average molecular weight is 275 g/mol. The molecule has 0 radical (unpaired) electrons. The van der Waals surface area contributed by atoms with Crippen molar-refractivity contribution in [2.45, 2.75) is 42.9 Å². The minimum Gasteiger partial charge on any atom is -0.329 e. The third kappa shape index (κ3) is 4.40. The van der Waals surface area contributed by atoms with Gasteiger partial charge in [0, 0.05) is 36.4 Å². The maximum absolute atomic E-state index is 4.32. The van der Waals surface area contributed by atoms with Crippen molar-refractivity contribution in [2.24, 2.45) is 7.05 Å². The standard InChI is InChI=1S/C15H21N3S/c1-15(2,3)17-11-12-5-7-13(8-6-12)19-14-16-9-10-18(14)4/h5-10,17H,11H2,1-4H3. The summed E-state index contributed by atoms with van der Waals surface area (Å²) in [5.41, 5.74) is 1.46. The largest absolute Gasteiger partial charge is 0.329 e. The topological polar surface area (TPSA) is 29.9 Å². The van der Waals surface area contributed by atoms with Crippen LogP contribution in [0.2, 0.25) is 0 Å². The van der Waals surface area contributed by atoms with Crippen LogP contribution in [0.15, 0.2) is 46.7 Å². The van der Waals surface area contributed by atoms with Crippen LogP contribution in [0, 0.1) is 0 Å². The smallest absolute Gasteiger partial charge is 0.172 e. The van der Waals surface area contributed by atoms with E-state index in [4.69, 9.17) is 0 Å². The predicted octanol–water partition coefficient (Wildman–Crippen LogP) is 3.46. The number of nitrogens with one attached hydrogen (secondary N) is 1. The molecule has 2 rings (SSSR count). The van der Waals surface area contributed by atoms with Crippen LogP contribution in [0.3, 0.4) is 0 Å². The van der Waals surface area contributed by atoms with E-state index in [1.807, 2.05) is 24.0 Å². The summed E-state index contributed by atoms with van der Waals surface area (Å²) in [5, 5.41) is 4.50. The summed E-state index contributed by atoms with van der Waals surface area (Å²) < 4.78 is 2.03. The molecule has 1 aromatic carbocycles. The number of hydrogen-bond donors (Lipinski definition) is 1. The number of rotatable bonds is 4. The molecule has 0 aliphatic heterocycles. The molecule has 102 valence electrons. The van der Waals surface area contributed by atoms with Gasteiger partial charge in [-0.05, 0) is 38.5 Å². The van der Waals surface area contributed by atoms with Crippen LogP contribution in [0.1, 0.15) is 26.3 Å². The number of aromatic nitrogens is 2. The fraction of sp³-hybridized carbons (Fsp3) is 0.400. The van der Waals surface area contributed by atoms with E-state index in [1.165, 1.54) is 10.5 Å². The summed E-state index contributed by atoms with van der Waals surface area (Å²) >= 11 is 1.68. The fourth-order valence-electron chi connectivity index (χ4n) is 1.60. The van der Waals surface area contributed by atoms with Crippen molar-refractivity contribution in [2.75, 3.05) is 0 Å². The second-order valence-corrected chi connectivity index (χ2v) is 6.71. The Hall–Kier alpha value is -1.26. The van der Waals surface area contributed by atoms with Gasteiger partial charge in [0.25, 0.3) is 0 Å². The Morgan fingerprint density at radius 1 is 1.21 bits per heavy atom. The lowest BCUT2D eigenvalue weighted by Gasteiger charge is -2.20. The zero-order valence-electron chi connectivity index (χ0n) is 12.0. The van der Waals surface area contributed by atoms with E-state index in [1.54, 1.807) is 11.8 Å². The molecule has 0 spiro atoms. The molecule has 0 aliphatic carbocycles. The molecule has 0 atom stereocenters. The molecule has 0 unspecified atom stereocenters. The van der Waals surface area contributed by atoms with Gasteiger partial charge in [0.05, 0.1) is 0 Å². The van der Waals surface area contributed by atoms with E-state index >= 15 is 0 Å². The maximum Gasteiger partial charge on any atom is 0.172 e. The molecule has 1 aromatic heterocycles. The first-order valence-electron chi connectivity index (χ1n) is 6.43. The van der Waals surface area contributed by atoms with Crippen molar-refractivity contribution in [1.82, 2.24) is 14.9 Å². The van der Waals surface area contributed by atoms with E-state index in [9.17, 15) is 0 Å². The Bertz CT molecular complexity index is 523. The third-order valence-corrected chi connectivity index (χ3v) is 3.82. The Morgan fingerprint density at radius 2 is 1.89 bits per heavy atom. The second-order valence-electron chi connectivity index (χ2n) is 5.67. The summed E-state index contributed by atoms with van der Waals surface area (Å²) in [6.45, 7) is 7.44. The lowest BCUT2D eigenvalue weighted by atomic mass is 10.1. The molecule has 0 saturated carbocycles. The Balaban J connectivity index is 1.97. The zero-order valence-corrected chi connectivity index (χ0v) is 12.8. The molecule has 0 amide bonds. The number of nitrogens with zero attached hydrogens (tertiary/aromatic N) is 2. The molecular weight excluding hydrogens is 254 g/mol. The average Bonchev–Trinajstić information content (AvgIpc) is 2.73.